The maximum atomic E-state index is 12.0. The number of nitrogens with zero attached hydrogens (tertiary/aromatic N) is 2. The van der Waals surface area contributed by atoms with Gasteiger partial charge in [0.15, 0.2) is 15.0 Å². The summed E-state index contributed by atoms with van der Waals surface area (Å²) in [6, 6.07) is 7.36. The van der Waals surface area contributed by atoms with E-state index in [0.29, 0.717) is 0 Å². The molecule has 0 spiro atoms. The van der Waals surface area contributed by atoms with E-state index in [0.717, 1.165) is 27.9 Å². The molecule has 124 valence electrons. The van der Waals surface area contributed by atoms with Crippen molar-refractivity contribution < 1.29 is 13.2 Å². The number of aliphatic imine (C=N–C) groups is 1. The quantitative estimate of drug-likeness (QED) is 0.779. The van der Waals surface area contributed by atoms with E-state index >= 15 is 0 Å². The van der Waals surface area contributed by atoms with Gasteiger partial charge in [0.2, 0.25) is 0 Å². The smallest absolute Gasteiger partial charge is 0.164 e. The first-order valence-electron chi connectivity index (χ1n) is 7.38. The number of thioether (sulfide) groups is 1. The largest absolute Gasteiger partial charge is 0.497 e. The van der Waals surface area contributed by atoms with Crippen molar-refractivity contribution in [2.75, 3.05) is 29.3 Å². The van der Waals surface area contributed by atoms with Crippen molar-refractivity contribution >= 4 is 32.5 Å². The minimum absolute atomic E-state index is 0.125. The predicted molar refractivity (Wildman–Crippen MR) is 96.4 cm³/mol. The van der Waals surface area contributed by atoms with Gasteiger partial charge in [0.25, 0.3) is 0 Å². The molecule has 1 aromatic rings. The van der Waals surface area contributed by atoms with E-state index in [9.17, 15) is 8.42 Å². The Morgan fingerprint density at radius 1 is 1.48 bits per heavy atom. The molecule has 3 rings (SSSR count). The van der Waals surface area contributed by atoms with Gasteiger partial charge in [-0.25, -0.2) is 8.42 Å². The molecule has 0 amide bonds. The highest BCUT2D eigenvalue weighted by Crippen LogP contribution is 2.36. The second kappa shape index (κ2) is 6.20. The van der Waals surface area contributed by atoms with Gasteiger partial charge in [0.1, 0.15) is 5.75 Å². The molecule has 0 saturated carbocycles. The van der Waals surface area contributed by atoms with Crippen molar-refractivity contribution in [2.24, 2.45) is 4.99 Å². The van der Waals surface area contributed by atoms with Crippen LogP contribution in [-0.4, -0.2) is 50.0 Å². The van der Waals surface area contributed by atoms with Crippen LogP contribution in [0.3, 0.4) is 0 Å². The molecule has 1 fully saturated rings. The first kappa shape index (κ1) is 16.4. The van der Waals surface area contributed by atoms with Crippen molar-refractivity contribution in [2.45, 2.75) is 19.0 Å². The standard InChI is InChI=1S/C16H20N2O3S2/c1-11(2)8-22-16-17-14-9-23(19,20)10-15(14)18(16)12-5-4-6-13(7-12)21-3/h4-7,14-15H,1,8-10H2,2-3H3/t14-,15-/m0/s1. The van der Waals surface area contributed by atoms with E-state index in [4.69, 9.17) is 4.74 Å². The van der Waals surface area contributed by atoms with E-state index in [2.05, 4.69) is 11.6 Å². The molecule has 0 N–H and O–H groups in total. The Balaban J connectivity index is 1.95. The van der Waals surface area contributed by atoms with Crippen molar-refractivity contribution in [3.05, 3.63) is 36.4 Å². The number of hydrogen-bond donors (Lipinski definition) is 0. The maximum Gasteiger partial charge on any atom is 0.164 e. The number of methoxy groups -OCH3 is 1. The molecule has 0 radical (unpaired) electrons. The molecule has 2 aliphatic heterocycles. The SMILES string of the molecule is C=C(C)CSC1=N[C@H]2CS(=O)(=O)C[C@@H]2N1c1cccc(OC)c1. The normalized spacial score (nSPS) is 25.1. The van der Waals surface area contributed by atoms with Crippen LogP contribution in [0.4, 0.5) is 5.69 Å². The molecule has 1 saturated heterocycles. The summed E-state index contributed by atoms with van der Waals surface area (Å²) in [5, 5.41) is 0.867. The van der Waals surface area contributed by atoms with E-state index in [1.807, 2.05) is 36.1 Å². The molecule has 0 aliphatic carbocycles. The summed E-state index contributed by atoms with van der Waals surface area (Å²) in [7, 11) is -1.40. The van der Waals surface area contributed by atoms with Crippen LogP contribution in [0.1, 0.15) is 6.92 Å². The van der Waals surface area contributed by atoms with Crippen LogP contribution in [0, 0.1) is 0 Å². The van der Waals surface area contributed by atoms with Crippen LogP contribution in [-0.2, 0) is 9.84 Å². The lowest BCUT2D eigenvalue weighted by molar-refractivity contribution is 0.415. The molecule has 1 aromatic carbocycles. The van der Waals surface area contributed by atoms with Gasteiger partial charge >= 0.3 is 0 Å². The first-order chi connectivity index (χ1) is 10.9. The molecule has 7 heteroatoms. The fraction of sp³-hybridized carbons (Fsp3) is 0.438. The lowest BCUT2D eigenvalue weighted by atomic mass is 10.1. The minimum atomic E-state index is -3.02. The second-order valence-electron chi connectivity index (χ2n) is 5.94. The number of sulfone groups is 1. The molecular formula is C16H20N2O3S2. The summed E-state index contributed by atoms with van der Waals surface area (Å²) < 4.78 is 29.2. The van der Waals surface area contributed by atoms with Gasteiger partial charge in [-0.15, -0.1) is 0 Å². The highest BCUT2D eigenvalue weighted by Gasteiger charge is 2.47. The van der Waals surface area contributed by atoms with Gasteiger partial charge in [-0.1, -0.05) is 30.0 Å². The number of hydrogen-bond acceptors (Lipinski definition) is 6. The number of rotatable bonds is 4. The van der Waals surface area contributed by atoms with Crippen molar-refractivity contribution in [3.63, 3.8) is 0 Å². The van der Waals surface area contributed by atoms with E-state index in [1.54, 1.807) is 18.9 Å². The zero-order valence-corrected chi connectivity index (χ0v) is 14.9. The topological polar surface area (TPSA) is 59.0 Å². The monoisotopic (exact) mass is 352 g/mol. The molecule has 0 aromatic heterocycles. The molecule has 2 aliphatic rings. The Morgan fingerprint density at radius 2 is 2.26 bits per heavy atom. The maximum absolute atomic E-state index is 12.0. The summed E-state index contributed by atoms with van der Waals surface area (Å²) in [5.74, 6) is 1.80. The Bertz CT molecular complexity index is 758. The molecule has 2 heterocycles. The molecule has 23 heavy (non-hydrogen) atoms. The second-order valence-corrected chi connectivity index (χ2v) is 9.04. The third-order valence-corrected chi connectivity index (χ3v) is 6.78. The predicted octanol–water partition coefficient (Wildman–Crippen LogP) is 2.35. The Labute approximate surface area is 141 Å². The van der Waals surface area contributed by atoms with Crippen molar-refractivity contribution in [1.29, 1.82) is 0 Å². The van der Waals surface area contributed by atoms with Gasteiger partial charge in [-0.05, 0) is 19.1 Å². The molecule has 0 unspecified atom stereocenters. The van der Waals surface area contributed by atoms with Crippen molar-refractivity contribution in [1.82, 2.24) is 0 Å². The van der Waals surface area contributed by atoms with Crippen LogP contribution in [0.15, 0.2) is 41.4 Å². The van der Waals surface area contributed by atoms with Gasteiger partial charge in [0, 0.05) is 17.5 Å². The Morgan fingerprint density at radius 3 is 2.96 bits per heavy atom. The highest BCUT2D eigenvalue weighted by molar-refractivity contribution is 8.14. The van der Waals surface area contributed by atoms with Gasteiger partial charge in [-0.2, -0.15) is 0 Å². The van der Waals surface area contributed by atoms with Gasteiger partial charge < -0.3 is 9.64 Å². The third-order valence-electron chi connectivity index (χ3n) is 3.89. The fourth-order valence-electron chi connectivity index (χ4n) is 2.88. The average molecular weight is 352 g/mol. The zero-order chi connectivity index (χ0) is 16.6. The Hall–Kier alpha value is -1.47. The van der Waals surface area contributed by atoms with Crippen LogP contribution >= 0.6 is 11.8 Å². The van der Waals surface area contributed by atoms with Crippen molar-refractivity contribution in [3.8, 4) is 5.75 Å². The number of anilines is 1. The molecule has 5 nitrogen and oxygen atoms in total. The summed E-state index contributed by atoms with van der Waals surface area (Å²) >= 11 is 1.61. The Kier molecular flexibility index (Phi) is 4.42. The number of benzene rings is 1. The summed E-state index contributed by atoms with van der Waals surface area (Å²) in [6.45, 7) is 5.90. The fourth-order valence-corrected chi connectivity index (χ4v) is 5.69. The van der Waals surface area contributed by atoms with E-state index < -0.39 is 9.84 Å². The first-order valence-corrected chi connectivity index (χ1v) is 10.2. The molecule has 0 bridgehead atoms. The van der Waals surface area contributed by atoms with E-state index in [-0.39, 0.29) is 23.6 Å². The zero-order valence-electron chi connectivity index (χ0n) is 13.2. The molecular weight excluding hydrogens is 332 g/mol. The summed E-state index contributed by atoms with van der Waals surface area (Å²) in [6.07, 6.45) is 0. The third kappa shape index (κ3) is 3.40. The highest BCUT2D eigenvalue weighted by atomic mass is 32.2. The average Bonchev–Trinajstić information content (AvgIpc) is 2.96. The van der Waals surface area contributed by atoms with E-state index in [1.165, 1.54) is 0 Å². The lowest BCUT2D eigenvalue weighted by Gasteiger charge is -2.26. The minimum Gasteiger partial charge on any atom is -0.497 e. The van der Waals surface area contributed by atoms with Crippen LogP contribution in [0.25, 0.3) is 0 Å². The number of ether oxygens (including phenoxy) is 1. The van der Waals surface area contributed by atoms with Crippen LogP contribution < -0.4 is 9.64 Å². The van der Waals surface area contributed by atoms with Crippen LogP contribution in [0.2, 0.25) is 0 Å². The summed E-state index contributed by atoms with van der Waals surface area (Å²) in [5.41, 5.74) is 1.98. The lowest BCUT2D eigenvalue weighted by Crippen LogP contribution is -2.39. The van der Waals surface area contributed by atoms with Gasteiger partial charge in [-0.3, -0.25) is 4.99 Å². The molecule has 2 atom stereocenters. The van der Waals surface area contributed by atoms with Crippen LogP contribution in [0.5, 0.6) is 5.75 Å². The van der Waals surface area contributed by atoms with Gasteiger partial charge in [0.05, 0.1) is 30.7 Å². The summed E-state index contributed by atoms with van der Waals surface area (Å²) in [4.78, 5) is 6.72. The number of amidine groups is 1. The number of fused-ring (bicyclic) bond motifs is 1.